The van der Waals surface area contributed by atoms with Gasteiger partial charge in [-0.1, -0.05) is 35.3 Å². The first-order valence-electron chi connectivity index (χ1n) is 10.5. The van der Waals surface area contributed by atoms with Crippen molar-refractivity contribution in [2.75, 3.05) is 11.9 Å². The number of carbonyl (C=O) groups excluding carboxylic acids is 1. The van der Waals surface area contributed by atoms with Gasteiger partial charge in [0.25, 0.3) is 11.6 Å². The van der Waals surface area contributed by atoms with E-state index in [1.165, 1.54) is 12.1 Å². The highest BCUT2D eigenvalue weighted by atomic mass is 35.5. The summed E-state index contributed by atoms with van der Waals surface area (Å²) in [7, 11) is 0. The van der Waals surface area contributed by atoms with Crippen LogP contribution >= 0.6 is 23.2 Å². The number of phenols is 1. The Morgan fingerprint density at radius 3 is 2.56 bits per heavy atom. The average molecular weight is 528 g/mol. The number of amides is 1. The normalized spacial score (nSPS) is 10.9. The van der Waals surface area contributed by atoms with E-state index in [0.29, 0.717) is 33.7 Å². The fourth-order valence-corrected chi connectivity index (χ4v) is 3.50. The van der Waals surface area contributed by atoms with Crippen LogP contribution < -0.4 is 14.8 Å². The summed E-state index contributed by atoms with van der Waals surface area (Å²) in [5, 5.41) is 33.6. The number of benzene rings is 3. The van der Waals surface area contributed by atoms with Crippen LogP contribution in [0.4, 0.5) is 11.4 Å². The van der Waals surface area contributed by atoms with Gasteiger partial charge >= 0.3 is 0 Å². The Labute approximate surface area is 216 Å². The molecule has 3 aromatic rings. The molecule has 0 radical (unpaired) electrons. The van der Waals surface area contributed by atoms with Gasteiger partial charge in [0, 0.05) is 21.7 Å². The number of nitriles is 1. The molecular formula is C25H19Cl2N3O6. The summed E-state index contributed by atoms with van der Waals surface area (Å²) >= 11 is 12.1. The molecule has 0 spiro atoms. The number of carbonyl (C=O) groups is 1. The smallest absolute Gasteiger partial charge is 0.273 e. The number of nitrogens with zero attached hydrogens (tertiary/aromatic N) is 2. The molecule has 0 bridgehead atoms. The van der Waals surface area contributed by atoms with Crippen LogP contribution in [-0.2, 0) is 11.4 Å². The highest BCUT2D eigenvalue weighted by Gasteiger charge is 2.16. The number of nitrogens with one attached hydrogen (secondary N) is 1. The van der Waals surface area contributed by atoms with Gasteiger partial charge in [-0.2, -0.15) is 5.26 Å². The molecule has 0 saturated carbocycles. The predicted octanol–water partition coefficient (Wildman–Crippen LogP) is 6.13. The summed E-state index contributed by atoms with van der Waals surface area (Å²) in [4.78, 5) is 22.7. The number of nitro groups is 1. The van der Waals surface area contributed by atoms with Crippen LogP contribution in [0.25, 0.3) is 6.08 Å². The summed E-state index contributed by atoms with van der Waals surface area (Å²) in [6, 6.07) is 14.9. The molecule has 9 nitrogen and oxygen atoms in total. The average Bonchev–Trinajstić information content (AvgIpc) is 2.84. The summed E-state index contributed by atoms with van der Waals surface area (Å²) < 4.78 is 11.5. The van der Waals surface area contributed by atoms with Crippen LogP contribution in [0.5, 0.6) is 17.2 Å². The molecule has 3 aromatic carbocycles. The van der Waals surface area contributed by atoms with Gasteiger partial charge in [0.1, 0.15) is 24.0 Å². The van der Waals surface area contributed by atoms with E-state index in [1.54, 1.807) is 49.4 Å². The molecule has 0 aliphatic carbocycles. The molecule has 36 heavy (non-hydrogen) atoms. The first-order chi connectivity index (χ1) is 17.2. The lowest BCUT2D eigenvalue weighted by atomic mass is 10.1. The van der Waals surface area contributed by atoms with Crippen molar-refractivity contribution in [2.24, 2.45) is 0 Å². The number of non-ortho nitro benzene ring substituents is 1. The Hall–Kier alpha value is -4.26. The van der Waals surface area contributed by atoms with Crippen molar-refractivity contribution in [2.45, 2.75) is 13.5 Å². The summed E-state index contributed by atoms with van der Waals surface area (Å²) in [6.07, 6.45) is 1.33. The Morgan fingerprint density at radius 1 is 1.14 bits per heavy atom. The molecule has 0 unspecified atom stereocenters. The van der Waals surface area contributed by atoms with E-state index in [9.17, 15) is 25.3 Å². The van der Waals surface area contributed by atoms with E-state index in [-0.39, 0.29) is 23.6 Å². The maximum Gasteiger partial charge on any atom is 0.273 e. The monoisotopic (exact) mass is 527 g/mol. The number of ether oxygens (including phenoxy) is 2. The highest BCUT2D eigenvalue weighted by molar-refractivity contribution is 6.35. The molecule has 0 atom stereocenters. The topological polar surface area (TPSA) is 135 Å². The number of hydrogen-bond acceptors (Lipinski definition) is 7. The minimum atomic E-state index is -0.808. The number of phenolic OH excluding ortho intramolecular Hbond substituents is 1. The molecule has 3 rings (SSSR count). The summed E-state index contributed by atoms with van der Waals surface area (Å²) in [6.45, 7) is 2.30. The second kappa shape index (κ2) is 11.9. The first-order valence-corrected chi connectivity index (χ1v) is 11.2. The lowest BCUT2D eigenvalue weighted by Gasteiger charge is -2.13. The van der Waals surface area contributed by atoms with Crippen molar-refractivity contribution >= 4 is 46.6 Å². The lowest BCUT2D eigenvalue weighted by Crippen LogP contribution is -2.13. The maximum absolute atomic E-state index is 12.6. The van der Waals surface area contributed by atoms with Crippen LogP contribution in [0.3, 0.4) is 0 Å². The SMILES string of the molecule is CCOc1cc(/C=C(\C#N)C(=O)Nc2ccc([N+](=O)[O-])cc2O)ccc1OCc1ccc(Cl)cc1Cl. The van der Waals surface area contributed by atoms with Crippen molar-refractivity contribution in [3.8, 4) is 23.3 Å². The van der Waals surface area contributed by atoms with Crippen molar-refractivity contribution in [1.82, 2.24) is 0 Å². The second-order valence-corrected chi connectivity index (χ2v) is 8.09. The third-order valence-electron chi connectivity index (χ3n) is 4.78. The maximum atomic E-state index is 12.6. The van der Waals surface area contributed by atoms with E-state index in [4.69, 9.17) is 32.7 Å². The van der Waals surface area contributed by atoms with Gasteiger partial charge in [0.05, 0.1) is 23.3 Å². The minimum absolute atomic E-state index is 0.0774. The Bertz CT molecular complexity index is 1380. The zero-order chi connectivity index (χ0) is 26.2. The molecule has 0 heterocycles. The van der Waals surface area contributed by atoms with E-state index in [1.807, 2.05) is 0 Å². The zero-order valence-electron chi connectivity index (χ0n) is 18.8. The van der Waals surface area contributed by atoms with Crippen molar-refractivity contribution < 1.29 is 24.3 Å². The number of anilines is 1. The third kappa shape index (κ3) is 6.66. The molecular weight excluding hydrogens is 509 g/mol. The lowest BCUT2D eigenvalue weighted by molar-refractivity contribution is -0.384. The Balaban J connectivity index is 1.80. The van der Waals surface area contributed by atoms with Gasteiger partial charge < -0.3 is 19.9 Å². The fourth-order valence-electron chi connectivity index (χ4n) is 3.04. The van der Waals surface area contributed by atoms with Crippen LogP contribution in [0, 0.1) is 21.4 Å². The molecule has 0 aromatic heterocycles. The van der Waals surface area contributed by atoms with E-state index < -0.39 is 16.6 Å². The van der Waals surface area contributed by atoms with E-state index >= 15 is 0 Å². The molecule has 0 saturated heterocycles. The van der Waals surface area contributed by atoms with E-state index in [0.717, 1.165) is 17.7 Å². The molecule has 0 fully saturated rings. The predicted molar refractivity (Wildman–Crippen MR) is 135 cm³/mol. The first kappa shape index (κ1) is 26.3. The summed E-state index contributed by atoms with van der Waals surface area (Å²) in [5.41, 5.74) is 0.522. The van der Waals surface area contributed by atoms with E-state index in [2.05, 4.69) is 5.32 Å². The van der Waals surface area contributed by atoms with Crippen molar-refractivity contribution in [3.05, 3.63) is 91.5 Å². The number of aromatic hydroxyl groups is 1. The molecule has 184 valence electrons. The second-order valence-electron chi connectivity index (χ2n) is 7.25. The molecule has 0 aliphatic heterocycles. The van der Waals surface area contributed by atoms with Gasteiger partial charge in [0.2, 0.25) is 0 Å². The van der Waals surface area contributed by atoms with Crippen molar-refractivity contribution in [3.63, 3.8) is 0 Å². The molecule has 11 heteroatoms. The van der Waals surface area contributed by atoms with Crippen LogP contribution in [0.2, 0.25) is 10.0 Å². The quantitative estimate of drug-likeness (QED) is 0.112. The van der Waals surface area contributed by atoms with Gasteiger partial charge in [0.15, 0.2) is 11.5 Å². The van der Waals surface area contributed by atoms with Crippen LogP contribution in [0.1, 0.15) is 18.1 Å². The minimum Gasteiger partial charge on any atom is -0.506 e. The zero-order valence-corrected chi connectivity index (χ0v) is 20.3. The number of nitro benzene ring substituents is 1. The highest BCUT2D eigenvalue weighted by Crippen LogP contribution is 2.32. The van der Waals surface area contributed by atoms with Crippen LogP contribution in [-0.4, -0.2) is 22.5 Å². The third-order valence-corrected chi connectivity index (χ3v) is 5.37. The fraction of sp³-hybridized carbons (Fsp3) is 0.120. The van der Waals surface area contributed by atoms with Gasteiger partial charge in [-0.25, -0.2) is 0 Å². The van der Waals surface area contributed by atoms with Gasteiger partial charge in [-0.05, 0) is 48.9 Å². The number of rotatable bonds is 9. The Kier molecular flexibility index (Phi) is 8.73. The van der Waals surface area contributed by atoms with Crippen LogP contribution in [0.15, 0.2) is 60.2 Å². The molecule has 0 aliphatic rings. The molecule has 2 N–H and O–H groups in total. The Morgan fingerprint density at radius 2 is 1.92 bits per heavy atom. The molecule has 1 amide bonds. The standard InChI is InChI=1S/C25H19Cl2N3O6/c1-2-35-24-10-15(3-8-23(24)36-14-16-4-5-18(26)11-20(16)27)9-17(13-28)25(32)29-21-7-6-19(30(33)34)12-22(21)31/h3-12,31H,2,14H2,1H3,(H,29,32)/b17-9+. The van der Waals surface area contributed by atoms with Gasteiger partial charge in [-0.3, -0.25) is 14.9 Å². The van der Waals surface area contributed by atoms with Gasteiger partial charge in [-0.15, -0.1) is 0 Å². The van der Waals surface area contributed by atoms with Crippen molar-refractivity contribution in [1.29, 1.82) is 5.26 Å². The largest absolute Gasteiger partial charge is 0.506 e. The number of halogens is 2. The number of hydrogen-bond donors (Lipinski definition) is 2. The summed E-state index contributed by atoms with van der Waals surface area (Å²) in [5.74, 6) is -0.492.